The van der Waals surface area contributed by atoms with Crippen molar-refractivity contribution in [2.45, 2.75) is 6.42 Å². The number of hydrogen-bond donors (Lipinski definition) is 1. The van der Waals surface area contributed by atoms with Crippen LogP contribution in [0.1, 0.15) is 6.42 Å². The molecule has 24 heavy (non-hydrogen) atoms. The summed E-state index contributed by atoms with van der Waals surface area (Å²) in [7, 11) is 1.59. The molecule has 2 aromatic rings. The number of amides is 2. The number of methoxy groups -OCH3 is 1. The van der Waals surface area contributed by atoms with Gasteiger partial charge in [0.15, 0.2) is 0 Å². The van der Waals surface area contributed by atoms with Crippen molar-refractivity contribution in [1.29, 1.82) is 0 Å². The van der Waals surface area contributed by atoms with E-state index in [9.17, 15) is 9.59 Å². The van der Waals surface area contributed by atoms with E-state index in [2.05, 4.69) is 5.32 Å². The smallest absolute Gasteiger partial charge is 0.229 e. The standard InChI is InChI=1S/C18H17ClN2O3/c1-24-16-7-5-15(6-8-16)21-11-12(9-17(21)22)18(23)20-14-4-2-3-13(19)10-14/h2-8,10,12H,9,11H2,1H3,(H,20,23)/t12-/m0/s1. The third kappa shape index (κ3) is 3.51. The summed E-state index contributed by atoms with van der Waals surface area (Å²) in [4.78, 5) is 26.3. The van der Waals surface area contributed by atoms with Gasteiger partial charge < -0.3 is 15.0 Å². The number of halogens is 1. The van der Waals surface area contributed by atoms with E-state index in [0.29, 0.717) is 17.3 Å². The Balaban J connectivity index is 1.68. The van der Waals surface area contributed by atoms with Gasteiger partial charge in [0, 0.05) is 29.4 Å². The van der Waals surface area contributed by atoms with E-state index in [1.165, 1.54) is 0 Å². The van der Waals surface area contributed by atoms with Crippen molar-refractivity contribution in [1.82, 2.24) is 0 Å². The van der Waals surface area contributed by atoms with Crippen LogP contribution in [0.2, 0.25) is 5.02 Å². The molecule has 2 amide bonds. The molecule has 0 spiro atoms. The highest BCUT2D eigenvalue weighted by Crippen LogP contribution is 2.27. The predicted octanol–water partition coefficient (Wildman–Crippen LogP) is 3.34. The molecule has 0 unspecified atom stereocenters. The summed E-state index contributed by atoms with van der Waals surface area (Å²) in [6.45, 7) is 0.359. The number of rotatable bonds is 4. The van der Waals surface area contributed by atoms with Crippen molar-refractivity contribution in [2.24, 2.45) is 5.92 Å². The summed E-state index contributed by atoms with van der Waals surface area (Å²) in [6, 6.07) is 14.2. The fourth-order valence-corrected chi connectivity index (χ4v) is 2.90. The van der Waals surface area contributed by atoms with Crippen LogP contribution in [0.5, 0.6) is 5.75 Å². The van der Waals surface area contributed by atoms with Crippen LogP contribution in [-0.2, 0) is 9.59 Å². The SMILES string of the molecule is COc1ccc(N2C[C@@H](C(=O)Nc3cccc(Cl)c3)CC2=O)cc1. The minimum absolute atomic E-state index is 0.0635. The van der Waals surface area contributed by atoms with Crippen molar-refractivity contribution in [2.75, 3.05) is 23.9 Å². The lowest BCUT2D eigenvalue weighted by Gasteiger charge is -2.17. The molecule has 0 saturated carbocycles. The molecule has 6 heteroatoms. The number of hydrogen-bond acceptors (Lipinski definition) is 3. The molecular weight excluding hydrogens is 328 g/mol. The minimum atomic E-state index is -0.390. The van der Waals surface area contributed by atoms with Crippen LogP contribution in [0.15, 0.2) is 48.5 Å². The highest BCUT2D eigenvalue weighted by atomic mass is 35.5. The molecule has 2 aromatic carbocycles. The van der Waals surface area contributed by atoms with Crippen LogP contribution in [0.25, 0.3) is 0 Å². The zero-order chi connectivity index (χ0) is 17.1. The molecule has 0 aliphatic carbocycles. The maximum absolute atomic E-state index is 12.4. The molecule has 0 radical (unpaired) electrons. The van der Waals surface area contributed by atoms with E-state index in [1.807, 2.05) is 12.1 Å². The molecule has 1 atom stereocenters. The lowest BCUT2D eigenvalue weighted by Crippen LogP contribution is -2.28. The third-order valence-electron chi connectivity index (χ3n) is 3.97. The van der Waals surface area contributed by atoms with E-state index < -0.39 is 5.92 Å². The van der Waals surface area contributed by atoms with Gasteiger partial charge in [-0.2, -0.15) is 0 Å². The molecule has 0 bridgehead atoms. The van der Waals surface area contributed by atoms with Gasteiger partial charge in [-0.3, -0.25) is 9.59 Å². The number of nitrogens with zero attached hydrogens (tertiary/aromatic N) is 1. The van der Waals surface area contributed by atoms with E-state index >= 15 is 0 Å². The van der Waals surface area contributed by atoms with E-state index in [4.69, 9.17) is 16.3 Å². The second-order valence-corrected chi connectivity index (χ2v) is 6.04. The normalized spacial score (nSPS) is 17.0. The molecule has 5 nitrogen and oxygen atoms in total. The first-order valence-corrected chi connectivity index (χ1v) is 7.95. The number of anilines is 2. The third-order valence-corrected chi connectivity index (χ3v) is 4.21. The summed E-state index contributed by atoms with van der Waals surface area (Å²) < 4.78 is 5.12. The Morgan fingerprint density at radius 2 is 2.00 bits per heavy atom. The van der Waals surface area contributed by atoms with Gasteiger partial charge in [-0.25, -0.2) is 0 Å². The average Bonchev–Trinajstić information content (AvgIpc) is 2.97. The molecule has 1 saturated heterocycles. The summed E-state index contributed by atoms with van der Waals surface area (Å²) in [5, 5.41) is 3.36. The largest absolute Gasteiger partial charge is 0.497 e. The van der Waals surface area contributed by atoms with Gasteiger partial charge in [0.2, 0.25) is 11.8 Å². The number of carbonyl (C=O) groups is 2. The number of ether oxygens (including phenoxy) is 1. The Morgan fingerprint density at radius 1 is 1.25 bits per heavy atom. The lowest BCUT2D eigenvalue weighted by molar-refractivity contribution is -0.122. The van der Waals surface area contributed by atoms with Gasteiger partial charge in [-0.05, 0) is 42.5 Å². The second-order valence-electron chi connectivity index (χ2n) is 5.60. The fraction of sp³-hybridized carbons (Fsp3) is 0.222. The Morgan fingerprint density at radius 3 is 2.67 bits per heavy atom. The summed E-state index contributed by atoms with van der Waals surface area (Å²) in [5.74, 6) is 0.0901. The van der Waals surface area contributed by atoms with Crippen molar-refractivity contribution in [3.8, 4) is 5.75 Å². The Labute approximate surface area is 145 Å². The van der Waals surface area contributed by atoms with Crippen LogP contribution >= 0.6 is 11.6 Å². The monoisotopic (exact) mass is 344 g/mol. The van der Waals surface area contributed by atoms with E-state index in [0.717, 1.165) is 11.4 Å². The Kier molecular flexibility index (Phi) is 4.71. The van der Waals surface area contributed by atoms with Gasteiger partial charge in [0.1, 0.15) is 5.75 Å². The Hall–Kier alpha value is -2.53. The van der Waals surface area contributed by atoms with Gasteiger partial charge in [0.05, 0.1) is 13.0 Å². The Bertz CT molecular complexity index is 761. The zero-order valence-electron chi connectivity index (χ0n) is 13.2. The summed E-state index contributed by atoms with van der Waals surface area (Å²) in [5.41, 5.74) is 1.39. The first-order chi connectivity index (χ1) is 11.6. The minimum Gasteiger partial charge on any atom is -0.497 e. The van der Waals surface area contributed by atoms with Gasteiger partial charge >= 0.3 is 0 Å². The molecule has 0 aromatic heterocycles. The van der Waals surface area contributed by atoms with Gasteiger partial charge in [-0.1, -0.05) is 17.7 Å². The predicted molar refractivity (Wildman–Crippen MR) is 93.5 cm³/mol. The van der Waals surface area contributed by atoms with Gasteiger partial charge in [-0.15, -0.1) is 0 Å². The van der Waals surface area contributed by atoms with E-state index in [-0.39, 0.29) is 18.2 Å². The molecule has 3 rings (SSSR count). The second kappa shape index (κ2) is 6.93. The zero-order valence-corrected chi connectivity index (χ0v) is 13.9. The summed E-state index contributed by atoms with van der Waals surface area (Å²) >= 11 is 5.92. The molecule has 1 N–H and O–H groups in total. The summed E-state index contributed by atoms with van der Waals surface area (Å²) in [6.07, 6.45) is 0.193. The molecule has 1 fully saturated rings. The number of benzene rings is 2. The molecule has 1 aliphatic heterocycles. The number of nitrogens with one attached hydrogen (secondary N) is 1. The van der Waals surface area contributed by atoms with Crippen LogP contribution in [0.3, 0.4) is 0 Å². The molecule has 1 aliphatic rings. The highest BCUT2D eigenvalue weighted by molar-refractivity contribution is 6.30. The average molecular weight is 345 g/mol. The molecule has 1 heterocycles. The maximum Gasteiger partial charge on any atom is 0.229 e. The first-order valence-electron chi connectivity index (χ1n) is 7.57. The highest BCUT2D eigenvalue weighted by Gasteiger charge is 2.35. The van der Waals surface area contributed by atoms with Crippen LogP contribution < -0.4 is 15.0 Å². The van der Waals surface area contributed by atoms with Crippen LogP contribution in [0, 0.1) is 5.92 Å². The molecular formula is C18H17ClN2O3. The van der Waals surface area contributed by atoms with E-state index in [1.54, 1.807) is 48.4 Å². The topological polar surface area (TPSA) is 58.6 Å². The lowest BCUT2D eigenvalue weighted by atomic mass is 10.1. The van der Waals surface area contributed by atoms with Crippen LogP contribution in [0.4, 0.5) is 11.4 Å². The molecule has 124 valence electrons. The maximum atomic E-state index is 12.4. The van der Waals surface area contributed by atoms with Crippen molar-refractivity contribution >= 4 is 34.8 Å². The number of carbonyl (C=O) groups excluding carboxylic acids is 2. The van der Waals surface area contributed by atoms with Crippen molar-refractivity contribution in [3.63, 3.8) is 0 Å². The fourth-order valence-electron chi connectivity index (χ4n) is 2.71. The van der Waals surface area contributed by atoms with Crippen molar-refractivity contribution in [3.05, 3.63) is 53.6 Å². The quantitative estimate of drug-likeness (QED) is 0.925. The van der Waals surface area contributed by atoms with Gasteiger partial charge in [0.25, 0.3) is 0 Å². The van der Waals surface area contributed by atoms with Crippen LogP contribution in [-0.4, -0.2) is 25.5 Å². The first kappa shape index (κ1) is 16.3. The van der Waals surface area contributed by atoms with Crippen molar-refractivity contribution < 1.29 is 14.3 Å².